The normalized spacial score (nSPS) is 9.48. The number of rotatable bonds is 10. The second kappa shape index (κ2) is 12.7. The minimum Gasteiger partial charge on any atom is -0.478 e. The molecule has 0 aliphatic carbocycles. The Morgan fingerprint density at radius 2 is 1.15 bits per heavy atom. The molecule has 8 nitrogen and oxygen atoms in total. The van der Waals surface area contributed by atoms with Gasteiger partial charge < -0.3 is 20.9 Å². The van der Waals surface area contributed by atoms with Crippen molar-refractivity contribution in [3.8, 4) is 11.8 Å². The Morgan fingerprint density at radius 1 is 0.741 bits per heavy atom. The fourth-order valence-corrected chi connectivity index (χ4v) is 1.98. The number of ether oxygens (including phenoxy) is 2. The van der Waals surface area contributed by atoms with Crippen LogP contribution in [0.1, 0.15) is 30.4 Å². The molecule has 148 valence electrons. The molecule has 0 aliphatic rings. The van der Waals surface area contributed by atoms with Crippen LogP contribution in [0.25, 0.3) is 0 Å². The SMILES string of the molecule is Cl.Cl.N=C(N)c1ccc(OCCCCCOc2ccc(C(=N)N)cn2)nc1. The summed E-state index contributed by atoms with van der Waals surface area (Å²) in [5, 5.41) is 14.6. The first-order valence-corrected chi connectivity index (χ1v) is 7.93. The molecule has 6 N–H and O–H groups in total. The largest absolute Gasteiger partial charge is 0.478 e. The van der Waals surface area contributed by atoms with Crippen LogP contribution in [0.15, 0.2) is 36.7 Å². The minimum absolute atomic E-state index is 0. The quantitative estimate of drug-likeness (QED) is 0.267. The number of pyridine rings is 2. The molecule has 0 bridgehead atoms. The zero-order chi connectivity index (χ0) is 18.1. The number of nitrogens with one attached hydrogen (secondary N) is 2. The number of nitrogen functional groups attached to an aromatic ring is 2. The lowest BCUT2D eigenvalue weighted by atomic mass is 10.2. The van der Waals surface area contributed by atoms with Crippen molar-refractivity contribution in [1.82, 2.24) is 9.97 Å². The third-order valence-corrected chi connectivity index (χ3v) is 3.38. The molecule has 2 heterocycles. The fraction of sp³-hybridized carbons (Fsp3) is 0.294. The van der Waals surface area contributed by atoms with Crippen LogP contribution in [0.2, 0.25) is 0 Å². The third kappa shape index (κ3) is 8.57. The maximum Gasteiger partial charge on any atom is 0.213 e. The molecule has 0 atom stereocenters. The number of nitrogens with two attached hydrogens (primary N) is 2. The molecule has 2 aromatic heterocycles. The van der Waals surface area contributed by atoms with Crippen molar-refractivity contribution in [2.75, 3.05) is 13.2 Å². The van der Waals surface area contributed by atoms with Crippen LogP contribution in [0.3, 0.4) is 0 Å². The Bertz CT molecular complexity index is 649. The van der Waals surface area contributed by atoms with E-state index < -0.39 is 0 Å². The smallest absolute Gasteiger partial charge is 0.213 e. The van der Waals surface area contributed by atoms with E-state index in [-0.39, 0.29) is 36.5 Å². The number of halogens is 2. The van der Waals surface area contributed by atoms with Gasteiger partial charge in [0.15, 0.2) is 0 Å². The Kier molecular flexibility index (Phi) is 11.5. The van der Waals surface area contributed by atoms with Gasteiger partial charge in [-0.2, -0.15) is 0 Å². The molecule has 0 saturated heterocycles. The summed E-state index contributed by atoms with van der Waals surface area (Å²) in [7, 11) is 0. The number of hydrogen-bond donors (Lipinski definition) is 4. The van der Waals surface area contributed by atoms with Gasteiger partial charge >= 0.3 is 0 Å². The highest BCUT2D eigenvalue weighted by Crippen LogP contribution is 2.10. The zero-order valence-corrected chi connectivity index (χ0v) is 16.3. The summed E-state index contributed by atoms with van der Waals surface area (Å²) < 4.78 is 11.1. The Hall–Kier alpha value is -2.58. The lowest BCUT2D eigenvalue weighted by Crippen LogP contribution is -2.11. The van der Waals surface area contributed by atoms with E-state index in [0.717, 1.165) is 19.3 Å². The van der Waals surface area contributed by atoms with E-state index in [4.69, 9.17) is 31.8 Å². The van der Waals surface area contributed by atoms with Gasteiger partial charge in [-0.3, -0.25) is 10.8 Å². The van der Waals surface area contributed by atoms with Crippen LogP contribution < -0.4 is 20.9 Å². The second-order valence-corrected chi connectivity index (χ2v) is 5.36. The highest BCUT2D eigenvalue weighted by molar-refractivity contribution is 5.95. The van der Waals surface area contributed by atoms with Crippen molar-refractivity contribution in [1.29, 1.82) is 10.8 Å². The monoisotopic (exact) mass is 414 g/mol. The average Bonchev–Trinajstić information content (AvgIpc) is 2.61. The van der Waals surface area contributed by atoms with Gasteiger partial charge in [-0.05, 0) is 31.4 Å². The molecule has 0 spiro atoms. The van der Waals surface area contributed by atoms with Gasteiger partial charge in [0.2, 0.25) is 11.8 Å². The maximum absolute atomic E-state index is 7.30. The van der Waals surface area contributed by atoms with Gasteiger partial charge in [0.1, 0.15) is 11.7 Å². The van der Waals surface area contributed by atoms with Crippen LogP contribution in [0.4, 0.5) is 0 Å². The summed E-state index contributed by atoms with van der Waals surface area (Å²) in [6.07, 6.45) is 5.77. The molecule has 2 rings (SSSR count). The van der Waals surface area contributed by atoms with Crippen molar-refractivity contribution in [2.24, 2.45) is 11.5 Å². The molecule has 2 aromatic rings. The number of aromatic nitrogens is 2. The molecule has 0 fully saturated rings. The average molecular weight is 415 g/mol. The second-order valence-electron chi connectivity index (χ2n) is 5.36. The highest BCUT2D eigenvalue weighted by Gasteiger charge is 2.01. The number of unbranched alkanes of at least 4 members (excludes halogenated alkanes) is 2. The molecule has 0 aromatic carbocycles. The molecule has 10 heteroatoms. The maximum atomic E-state index is 7.30. The molecule has 0 radical (unpaired) electrons. The third-order valence-electron chi connectivity index (χ3n) is 3.38. The lowest BCUT2D eigenvalue weighted by molar-refractivity contribution is 0.269. The van der Waals surface area contributed by atoms with Gasteiger partial charge in [-0.25, -0.2) is 9.97 Å². The van der Waals surface area contributed by atoms with Gasteiger partial charge in [-0.15, -0.1) is 24.8 Å². The number of amidine groups is 2. The first-order chi connectivity index (χ1) is 12.1. The first kappa shape index (κ1) is 24.4. The van der Waals surface area contributed by atoms with Crippen LogP contribution in [-0.4, -0.2) is 34.9 Å². The molecule has 0 saturated carbocycles. The van der Waals surface area contributed by atoms with Crippen molar-refractivity contribution in [3.63, 3.8) is 0 Å². The Balaban J connectivity index is 0.00000338. The molecule has 27 heavy (non-hydrogen) atoms. The number of nitrogens with zero attached hydrogens (tertiary/aromatic N) is 2. The van der Waals surface area contributed by atoms with Crippen LogP contribution in [-0.2, 0) is 0 Å². The lowest BCUT2D eigenvalue weighted by Gasteiger charge is -2.07. The summed E-state index contributed by atoms with van der Waals surface area (Å²) >= 11 is 0. The Morgan fingerprint density at radius 3 is 1.44 bits per heavy atom. The summed E-state index contributed by atoms with van der Waals surface area (Å²) in [4.78, 5) is 8.19. The summed E-state index contributed by atoms with van der Waals surface area (Å²) in [5.41, 5.74) is 11.9. The molecule has 0 amide bonds. The predicted molar refractivity (Wildman–Crippen MR) is 110 cm³/mol. The number of hydrogen-bond acceptors (Lipinski definition) is 6. The first-order valence-electron chi connectivity index (χ1n) is 7.93. The Labute approximate surface area is 170 Å². The molecular weight excluding hydrogens is 391 g/mol. The van der Waals surface area contributed by atoms with Gasteiger partial charge in [-0.1, -0.05) is 0 Å². The van der Waals surface area contributed by atoms with E-state index in [0.29, 0.717) is 36.1 Å². The van der Waals surface area contributed by atoms with Crippen molar-refractivity contribution in [2.45, 2.75) is 19.3 Å². The van der Waals surface area contributed by atoms with E-state index in [1.165, 1.54) is 12.4 Å². The minimum atomic E-state index is -0.00975. The van der Waals surface area contributed by atoms with Crippen LogP contribution in [0, 0.1) is 10.8 Å². The summed E-state index contributed by atoms with van der Waals surface area (Å²) in [6.45, 7) is 1.13. The van der Waals surface area contributed by atoms with Crippen molar-refractivity contribution >= 4 is 36.5 Å². The molecular formula is C17H24Cl2N6O2. The molecule has 0 aliphatic heterocycles. The summed E-state index contributed by atoms with van der Waals surface area (Å²) in [6, 6.07) is 6.83. The zero-order valence-electron chi connectivity index (χ0n) is 14.7. The summed E-state index contributed by atoms with van der Waals surface area (Å²) in [5.74, 6) is 1.03. The van der Waals surface area contributed by atoms with E-state index in [2.05, 4.69) is 9.97 Å². The van der Waals surface area contributed by atoms with E-state index in [1.807, 2.05) is 0 Å². The van der Waals surface area contributed by atoms with Crippen LogP contribution in [0.5, 0.6) is 11.8 Å². The van der Waals surface area contributed by atoms with Crippen molar-refractivity contribution in [3.05, 3.63) is 47.8 Å². The van der Waals surface area contributed by atoms with Gasteiger partial charge in [0.25, 0.3) is 0 Å². The van der Waals surface area contributed by atoms with E-state index in [1.54, 1.807) is 24.3 Å². The fourth-order valence-electron chi connectivity index (χ4n) is 1.98. The van der Waals surface area contributed by atoms with Gasteiger partial charge in [0, 0.05) is 35.7 Å². The van der Waals surface area contributed by atoms with Gasteiger partial charge in [0.05, 0.1) is 13.2 Å². The van der Waals surface area contributed by atoms with E-state index >= 15 is 0 Å². The molecule has 0 unspecified atom stereocenters. The van der Waals surface area contributed by atoms with Crippen LogP contribution >= 0.6 is 24.8 Å². The van der Waals surface area contributed by atoms with E-state index in [9.17, 15) is 0 Å². The predicted octanol–water partition coefficient (Wildman–Crippen LogP) is 2.52. The highest BCUT2D eigenvalue weighted by atomic mass is 35.5. The topological polar surface area (TPSA) is 144 Å². The standard InChI is InChI=1S/C17H22N6O2.2ClH/c18-16(19)12-4-6-14(22-10-12)24-8-2-1-3-9-25-15-7-5-13(11-23-15)17(20)21;;/h4-7,10-11H,1-3,8-9H2,(H3,18,19)(H3,20,21);2*1H. The van der Waals surface area contributed by atoms with Crippen molar-refractivity contribution < 1.29 is 9.47 Å².